The predicted octanol–water partition coefficient (Wildman–Crippen LogP) is 6.24. The van der Waals surface area contributed by atoms with Gasteiger partial charge < -0.3 is 9.72 Å². The Morgan fingerprint density at radius 1 is 0.941 bits per heavy atom. The Balaban J connectivity index is 1.30. The van der Waals surface area contributed by atoms with Crippen LogP contribution < -0.4 is 4.74 Å². The molecule has 5 rings (SSSR count). The molecule has 1 aliphatic rings. The van der Waals surface area contributed by atoms with Gasteiger partial charge in [-0.25, -0.2) is 23.1 Å². The topological polar surface area (TPSA) is 67.9 Å². The van der Waals surface area contributed by atoms with Crippen molar-refractivity contribution in [2.45, 2.75) is 38.7 Å². The van der Waals surface area contributed by atoms with Gasteiger partial charge >= 0.3 is 0 Å². The second-order valence-corrected chi connectivity index (χ2v) is 8.65. The number of benzene rings is 2. The molecule has 0 aliphatic heterocycles. The van der Waals surface area contributed by atoms with Crippen LogP contribution in [-0.2, 0) is 4.79 Å². The summed E-state index contributed by atoms with van der Waals surface area (Å²) in [5.74, 6) is -1.48. The van der Waals surface area contributed by atoms with Crippen LogP contribution in [0.15, 0.2) is 48.7 Å². The number of halogens is 3. The van der Waals surface area contributed by atoms with Crippen molar-refractivity contribution in [1.29, 1.82) is 0 Å². The molecule has 2 heterocycles. The number of hydrogen-bond donors (Lipinski definition) is 1. The Bertz CT molecular complexity index is 1320. The number of Topliss-reactive ketones (excluding diaryl/α,β-unsaturated/α-hetero) is 1. The number of carbonyl (C=O) groups is 1. The maximum atomic E-state index is 14.9. The van der Waals surface area contributed by atoms with Gasteiger partial charge in [0, 0.05) is 35.9 Å². The lowest BCUT2D eigenvalue weighted by Crippen LogP contribution is -2.27. The molecule has 34 heavy (non-hydrogen) atoms. The molecule has 0 atom stereocenters. The van der Waals surface area contributed by atoms with Crippen LogP contribution in [0.25, 0.3) is 33.5 Å². The van der Waals surface area contributed by atoms with E-state index in [0.29, 0.717) is 17.0 Å². The zero-order valence-electron chi connectivity index (χ0n) is 18.4. The molecule has 0 amide bonds. The maximum absolute atomic E-state index is 14.9. The molecule has 174 valence electrons. The summed E-state index contributed by atoms with van der Waals surface area (Å²) in [7, 11) is 0. The molecule has 2 aromatic carbocycles. The molecule has 8 heteroatoms. The number of aromatic nitrogens is 3. The predicted molar refractivity (Wildman–Crippen MR) is 122 cm³/mol. The van der Waals surface area contributed by atoms with Crippen LogP contribution in [0, 0.1) is 23.4 Å². The van der Waals surface area contributed by atoms with Gasteiger partial charge in [-0.3, -0.25) is 4.79 Å². The molecule has 0 unspecified atom stereocenters. The highest BCUT2D eigenvalue weighted by molar-refractivity contribution is 5.80. The van der Waals surface area contributed by atoms with Gasteiger partial charge in [-0.05, 0) is 56.4 Å². The number of hydrogen-bond acceptors (Lipinski definition) is 4. The molecule has 0 bridgehead atoms. The molecule has 5 nitrogen and oxygen atoms in total. The van der Waals surface area contributed by atoms with Crippen LogP contribution in [0.1, 0.15) is 32.6 Å². The van der Waals surface area contributed by atoms with Gasteiger partial charge in [0.15, 0.2) is 11.6 Å². The monoisotopic (exact) mass is 465 g/mol. The van der Waals surface area contributed by atoms with E-state index in [4.69, 9.17) is 4.74 Å². The number of ketones is 1. The van der Waals surface area contributed by atoms with E-state index >= 15 is 0 Å². The van der Waals surface area contributed by atoms with Crippen LogP contribution in [-0.4, -0.2) is 26.8 Å². The number of rotatable bonds is 5. The van der Waals surface area contributed by atoms with Gasteiger partial charge in [-0.2, -0.15) is 0 Å². The Kier molecular flexibility index (Phi) is 5.81. The highest BCUT2D eigenvalue weighted by atomic mass is 19.2. The first kappa shape index (κ1) is 22.1. The van der Waals surface area contributed by atoms with E-state index in [9.17, 15) is 18.0 Å². The standard InChI is InChI=1S/C26H22F3N3O2/c1-14(33)15-2-6-18(7-3-15)34-25-9-5-17(13-30-25)16-4-8-19(20(27)10-16)26-31-23-11-21(28)22(29)12-24(23)32-26/h4-5,8-13,15,18H,2-3,6-7H2,1H3,(H,31,32). The number of ether oxygens (including phenoxy) is 1. The van der Waals surface area contributed by atoms with E-state index in [2.05, 4.69) is 15.0 Å². The van der Waals surface area contributed by atoms with E-state index in [1.165, 1.54) is 6.07 Å². The van der Waals surface area contributed by atoms with E-state index in [1.54, 1.807) is 31.3 Å². The van der Waals surface area contributed by atoms with Crippen LogP contribution in [0.4, 0.5) is 13.2 Å². The maximum Gasteiger partial charge on any atom is 0.213 e. The highest BCUT2D eigenvalue weighted by Crippen LogP contribution is 2.30. The van der Waals surface area contributed by atoms with E-state index in [1.807, 2.05) is 6.07 Å². The number of H-pyrrole nitrogens is 1. The Labute approximate surface area is 194 Å². The summed E-state index contributed by atoms with van der Waals surface area (Å²) in [4.78, 5) is 22.9. The zero-order valence-corrected chi connectivity index (χ0v) is 18.4. The minimum atomic E-state index is -1.01. The fraction of sp³-hybridized carbons (Fsp3) is 0.269. The first-order chi connectivity index (χ1) is 16.4. The average Bonchev–Trinajstić information content (AvgIpc) is 3.22. The molecule has 1 saturated carbocycles. The van der Waals surface area contributed by atoms with Crippen molar-refractivity contribution in [1.82, 2.24) is 15.0 Å². The number of pyridine rings is 1. The average molecular weight is 465 g/mol. The van der Waals surface area contributed by atoms with Gasteiger partial charge in [-0.1, -0.05) is 6.07 Å². The Morgan fingerprint density at radius 2 is 1.68 bits per heavy atom. The quantitative estimate of drug-likeness (QED) is 0.379. The number of nitrogens with zero attached hydrogens (tertiary/aromatic N) is 2. The summed E-state index contributed by atoms with van der Waals surface area (Å²) in [6.07, 6.45) is 4.97. The zero-order chi connectivity index (χ0) is 23.8. The second kappa shape index (κ2) is 8.93. The number of imidazole rings is 1. The fourth-order valence-corrected chi connectivity index (χ4v) is 4.40. The lowest BCUT2D eigenvalue weighted by atomic mass is 9.85. The number of nitrogens with one attached hydrogen (secondary N) is 1. The molecule has 1 fully saturated rings. The largest absolute Gasteiger partial charge is 0.474 e. The molecule has 1 N–H and O–H groups in total. The molecular formula is C26H22F3N3O2. The van der Waals surface area contributed by atoms with E-state index in [0.717, 1.165) is 37.8 Å². The summed E-state index contributed by atoms with van der Waals surface area (Å²) >= 11 is 0. The third-order valence-electron chi connectivity index (χ3n) is 6.35. The van der Waals surface area contributed by atoms with Crippen molar-refractivity contribution in [3.63, 3.8) is 0 Å². The Morgan fingerprint density at radius 3 is 2.35 bits per heavy atom. The number of fused-ring (bicyclic) bond motifs is 1. The first-order valence-corrected chi connectivity index (χ1v) is 11.2. The number of carbonyl (C=O) groups excluding carboxylic acids is 1. The summed E-state index contributed by atoms with van der Waals surface area (Å²) in [6.45, 7) is 1.64. The van der Waals surface area contributed by atoms with Crippen LogP contribution in [0.2, 0.25) is 0 Å². The van der Waals surface area contributed by atoms with Crippen molar-refractivity contribution in [3.8, 4) is 28.4 Å². The minimum Gasteiger partial charge on any atom is -0.474 e. The van der Waals surface area contributed by atoms with Crippen molar-refractivity contribution < 1.29 is 22.7 Å². The molecule has 1 aliphatic carbocycles. The molecule has 0 saturated heterocycles. The van der Waals surface area contributed by atoms with E-state index < -0.39 is 17.5 Å². The SMILES string of the molecule is CC(=O)C1CCC(Oc2ccc(-c3ccc(-c4nc5cc(F)c(F)cc5[nH]4)c(F)c3)cn2)CC1. The smallest absolute Gasteiger partial charge is 0.213 e. The van der Waals surface area contributed by atoms with Gasteiger partial charge in [0.1, 0.15) is 23.5 Å². The first-order valence-electron chi connectivity index (χ1n) is 11.2. The Hall–Kier alpha value is -3.68. The summed E-state index contributed by atoms with van der Waals surface area (Å²) in [5.41, 5.74) is 2.02. The summed E-state index contributed by atoms with van der Waals surface area (Å²) in [6, 6.07) is 10.2. The summed E-state index contributed by atoms with van der Waals surface area (Å²) in [5, 5.41) is 0. The second-order valence-electron chi connectivity index (χ2n) is 8.65. The lowest BCUT2D eigenvalue weighted by molar-refractivity contribution is -0.122. The van der Waals surface area contributed by atoms with Crippen molar-refractivity contribution in [2.75, 3.05) is 0 Å². The molecular weight excluding hydrogens is 443 g/mol. The van der Waals surface area contributed by atoms with Crippen molar-refractivity contribution in [2.24, 2.45) is 5.92 Å². The lowest BCUT2D eigenvalue weighted by Gasteiger charge is -2.27. The van der Waals surface area contributed by atoms with Gasteiger partial charge in [0.2, 0.25) is 5.88 Å². The normalized spacial score (nSPS) is 18.2. The van der Waals surface area contributed by atoms with Gasteiger partial charge in [0.05, 0.1) is 16.6 Å². The van der Waals surface area contributed by atoms with Gasteiger partial charge in [0.25, 0.3) is 0 Å². The number of aromatic amines is 1. The highest BCUT2D eigenvalue weighted by Gasteiger charge is 2.25. The third kappa shape index (κ3) is 4.40. The molecule has 0 radical (unpaired) electrons. The van der Waals surface area contributed by atoms with Crippen molar-refractivity contribution >= 4 is 16.8 Å². The van der Waals surface area contributed by atoms with Crippen molar-refractivity contribution in [3.05, 3.63) is 66.1 Å². The minimum absolute atomic E-state index is 0.0384. The molecule has 2 aromatic heterocycles. The third-order valence-corrected chi connectivity index (χ3v) is 6.35. The van der Waals surface area contributed by atoms with Crippen LogP contribution in [0.5, 0.6) is 5.88 Å². The van der Waals surface area contributed by atoms with Gasteiger partial charge in [-0.15, -0.1) is 0 Å². The molecule has 4 aromatic rings. The van der Waals surface area contributed by atoms with Crippen LogP contribution in [0.3, 0.4) is 0 Å². The van der Waals surface area contributed by atoms with Crippen LogP contribution >= 0.6 is 0 Å². The molecule has 0 spiro atoms. The fourth-order valence-electron chi connectivity index (χ4n) is 4.40. The summed E-state index contributed by atoms with van der Waals surface area (Å²) < 4.78 is 47.8. The van der Waals surface area contributed by atoms with E-state index in [-0.39, 0.29) is 40.2 Å².